The van der Waals surface area contributed by atoms with Crippen LogP contribution in [0, 0.1) is 30.0 Å². The minimum absolute atomic E-state index is 0.133. The molecule has 6 nitrogen and oxygen atoms in total. The highest BCUT2D eigenvalue weighted by Gasteiger charge is 2.23. The molecule has 0 unspecified atom stereocenters. The van der Waals surface area contributed by atoms with Gasteiger partial charge in [0.05, 0.1) is 21.5 Å². The van der Waals surface area contributed by atoms with Crippen LogP contribution in [0.25, 0.3) is 10.9 Å². The van der Waals surface area contributed by atoms with E-state index in [4.69, 9.17) is 16.9 Å². The van der Waals surface area contributed by atoms with Gasteiger partial charge in [0.2, 0.25) is 0 Å². The Balaban J connectivity index is 1.50. The molecule has 148 valence electrons. The number of aryl methyl sites for hydroxylation is 1. The fourth-order valence-electron chi connectivity index (χ4n) is 3.83. The maximum atomic E-state index is 13.4. The van der Waals surface area contributed by atoms with E-state index < -0.39 is 5.82 Å². The molecule has 2 aromatic heterocycles. The molecule has 0 N–H and O–H groups in total. The van der Waals surface area contributed by atoms with Crippen molar-refractivity contribution in [2.75, 3.05) is 18.0 Å². The summed E-state index contributed by atoms with van der Waals surface area (Å²) in [7, 11) is 0. The van der Waals surface area contributed by atoms with Crippen LogP contribution in [0.2, 0.25) is 5.02 Å². The van der Waals surface area contributed by atoms with Crippen LogP contribution in [0.15, 0.2) is 35.3 Å². The van der Waals surface area contributed by atoms with Gasteiger partial charge in [-0.25, -0.2) is 14.4 Å². The van der Waals surface area contributed by atoms with E-state index in [2.05, 4.69) is 14.9 Å². The molecule has 4 rings (SSSR count). The molecule has 1 aromatic carbocycles. The zero-order valence-electron chi connectivity index (χ0n) is 15.9. The molecule has 0 bridgehead atoms. The number of anilines is 1. The molecule has 1 fully saturated rings. The number of hydrogen-bond acceptors (Lipinski definition) is 5. The van der Waals surface area contributed by atoms with E-state index >= 15 is 0 Å². The normalized spacial score (nSPS) is 14.9. The number of pyridine rings is 1. The van der Waals surface area contributed by atoms with Crippen molar-refractivity contribution < 1.29 is 4.39 Å². The largest absolute Gasteiger partial charge is 0.355 e. The number of rotatable bonds is 3. The second-order valence-electron chi connectivity index (χ2n) is 7.31. The molecular weight excluding hydrogens is 393 g/mol. The van der Waals surface area contributed by atoms with Gasteiger partial charge in [-0.1, -0.05) is 11.6 Å². The minimum Gasteiger partial charge on any atom is -0.355 e. The third-order valence-electron chi connectivity index (χ3n) is 5.41. The Morgan fingerprint density at radius 3 is 2.76 bits per heavy atom. The first-order valence-corrected chi connectivity index (χ1v) is 9.81. The fourth-order valence-corrected chi connectivity index (χ4v) is 4.12. The minimum atomic E-state index is -0.399. The number of nitriles is 1. The van der Waals surface area contributed by atoms with Crippen LogP contribution in [0.1, 0.15) is 24.2 Å². The first-order chi connectivity index (χ1) is 14.0. The van der Waals surface area contributed by atoms with Gasteiger partial charge in [0.1, 0.15) is 23.5 Å². The lowest BCUT2D eigenvalue weighted by atomic mass is 9.96. The first-order valence-electron chi connectivity index (χ1n) is 9.43. The molecule has 0 aliphatic carbocycles. The molecule has 0 radical (unpaired) electrons. The van der Waals surface area contributed by atoms with Crippen molar-refractivity contribution in [3.8, 4) is 6.07 Å². The number of benzene rings is 1. The van der Waals surface area contributed by atoms with Gasteiger partial charge in [-0.05, 0) is 43.9 Å². The topological polar surface area (TPSA) is 74.8 Å². The van der Waals surface area contributed by atoms with Crippen LogP contribution in [0.4, 0.5) is 10.2 Å². The summed E-state index contributed by atoms with van der Waals surface area (Å²) in [6, 6.07) is 7.74. The van der Waals surface area contributed by atoms with Gasteiger partial charge in [0.15, 0.2) is 0 Å². The Morgan fingerprint density at radius 1 is 1.31 bits per heavy atom. The molecule has 1 aliphatic heterocycles. The Bertz CT molecular complexity index is 1180. The van der Waals surface area contributed by atoms with Crippen molar-refractivity contribution in [2.24, 2.45) is 5.92 Å². The smallest absolute Gasteiger partial charge is 0.261 e. The van der Waals surface area contributed by atoms with Crippen LogP contribution in [-0.2, 0) is 6.54 Å². The predicted molar refractivity (Wildman–Crippen MR) is 110 cm³/mol. The Hall–Kier alpha value is -2.98. The summed E-state index contributed by atoms with van der Waals surface area (Å²) in [5, 5.41) is 9.85. The van der Waals surface area contributed by atoms with Gasteiger partial charge in [0.25, 0.3) is 5.56 Å². The van der Waals surface area contributed by atoms with Crippen LogP contribution in [0.5, 0.6) is 0 Å². The molecule has 3 aromatic rings. The third-order valence-corrected chi connectivity index (χ3v) is 5.69. The highest BCUT2D eigenvalue weighted by atomic mass is 35.5. The van der Waals surface area contributed by atoms with E-state index in [0.29, 0.717) is 45.6 Å². The van der Waals surface area contributed by atoms with Crippen molar-refractivity contribution in [3.05, 3.63) is 63.0 Å². The van der Waals surface area contributed by atoms with Crippen LogP contribution < -0.4 is 10.5 Å². The monoisotopic (exact) mass is 411 g/mol. The SMILES string of the molecule is Cc1nc2cc(F)ccc2c(=O)n1CC1CCN(c2ncc(C#N)cc2Cl)CC1. The zero-order valence-corrected chi connectivity index (χ0v) is 16.7. The number of piperidine rings is 1. The first kappa shape index (κ1) is 19.3. The third kappa shape index (κ3) is 3.81. The lowest BCUT2D eigenvalue weighted by Crippen LogP contribution is -2.37. The highest BCUT2D eigenvalue weighted by Crippen LogP contribution is 2.29. The molecule has 0 atom stereocenters. The van der Waals surface area contributed by atoms with Crippen molar-refractivity contribution in [2.45, 2.75) is 26.3 Å². The molecule has 1 aliphatic rings. The average molecular weight is 412 g/mol. The molecule has 1 saturated heterocycles. The van der Waals surface area contributed by atoms with Gasteiger partial charge >= 0.3 is 0 Å². The van der Waals surface area contributed by atoms with E-state index in [9.17, 15) is 9.18 Å². The van der Waals surface area contributed by atoms with Crippen LogP contribution in [0.3, 0.4) is 0 Å². The van der Waals surface area contributed by atoms with Crippen molar-refractivity contribution in [3.63, 3.8) is 0 Å². The number of fused-ring (bicyclic) bond motifs is 1. The van der Waals surface area contributed by atoms with Gasteiger partial charge in [-0.15, -0.1) is 0 Å². The van der Waals surface area contributed by atoms with Gasteiger partial charge in [-0.2, -0.15) is 5.26 Å². The van der Waals surface area contributed by atoms with Gasteiger partial charge < -0.3 is 4.90 Å². The van der Waals surface area contributed by atoms with E-state index in [-0.39, 0.29) is 5.56 Å². The molecule has 0 spiro atoms. The average Bonchev–Trinajstić information content (AvgIpc) is 2.71. The van der Waals surface area contributed by atoms with Crippen molar-refractivity contribution in [1.29, 1.82) is 5.26 Å². The van der Waals surface area contributed by atoms with Crippen molar-refractivity contribution in [1.82, 2.24) is 14.5 Å². The number of aromatic nitrogens is 3. The van der Waals surface area contributed by atoms with E-state index in [1.807, 2.05) is 6.07 Å². The standard InChI is InChI=1S/C21H19ClFN5O/c1-13-26-19-9-16(23)2-3-17(19)21(29)28(13)12-14-4-6-27(7-5-14)20-18(22)8-15(10-24)11-25-20/h2-3,8-9,11,14H,4-7,12H2,1H3. The fraction of sp³-hybridized carbons (Fsp3) is 0.333. The lowest BCUT2D eigenvalue weighted by molar-refractivity contribution is 0.348. The maximum absolute atomic E-state index is 13.4. The molecule has 0 amide bonds. The predicted octanol–water partition coefficient (Wildman–Crippen LogP) is 3.68. The Labute approximate surface area is 172 Å². The number of hydrogen-bond donors (Lipinski definition) is 0. The Kier molecular flexibility index (Phi) is 5.20. The summed E-state index contributed by atoms with van der Waals surface area (Å²) in [6.45, 7) is 3.89. The molecule has 29 heavy (non-hydrogen) atoms. The highest BCUT2D eigenvalue weighted by molar-refractivity contribution is 6.33. The van der Waals surface area contributed by atoms with E-state index in [1.54, 1.807) is 17.6 Å². The quantitative estimate of drug-likeness (QED) is 0.657. The molecular formula is C21H19ClFN5O. The zero-order chi connectivity index (χ0) is 20.5. The van der Waals surface area contributed by atoms with Crippen molar-refractivity contribution >= 4 is 28.3 Å². The van der Waals surface area contributed by atoms with Gasteiger partial charge in [-0.3, -0.25) is 9.36 Å². The molecule has 8 heteroatoms. The van der Waals surface area contributed by atoms with E-state index in [0.717, 1.165) is 25.9 Å². The molecule has 0 saturated carbocycles. The summed E-state index contributed by atoms with van der Waals surface area (Å²) < 4.78 is 15.1. The maximum Gasteiger partial charge on any atom is 0.261 e. The van der Waals surface area contributed by atoms with Crippen LogP contribution >= 0.6 is 11.6 Å². The van der Waals surface area contributed by atoms with Crippen LogP contribution in [-0.4, -0.2) is 27.6 Å². The molecule has 3 heterocycles. The summed E-state index contributed by atoms with van der Waals surface area (Å²) in [6.07, 6.45) is 3.29. The number of nitrogens with zero attached hydrogens (tertiary/aromatic N) is 5. The van der Waals surface area contributed by atoms with Gasteiger partial charge in [0, 0.05) is 31.9 Å². The summed E-state index contributed by atoms with van der Waals surface area (Å²) in [5.41, 5.74) is 0.694. The summed E-state index contributed by atoms with van der Waals surface area (Å²) in [5.74, 6) is 1.20. The Morgan fingerprint density at radius 2 is 2.07 bits per heavy atom. The number of halogens is 2. The second-order valence-corrected chi connectivity index (χ2v) is 7.72. The summed E-state index contributed by atoms with van der Waals surface area (Å²) >= 11 is 6.28. The lowest BCUT2D eigenvalue weighted by Gasteiger charge is -2.33. The summed E-state index contributed by atoms with van der Waals surface area (Å²) in [4.78, 5) is 23.7. The second kappa shape index (κ2) is 7.80. The van der Waals surface area contributed by atoms with E-state index in [1.165, 1.54) is 24.4 Å².